The maximum Gasteiger partial charge on any atom is 0.252 e. The third-order valence-electron chi connectivity index (χ3n) is 4.09. The first-order chi connectivity index (χ1) is 11.6. The van der Waals surface area contributed by atoms with E-state index in [1.165, 1.54) is 11.1 Å². The van der Waals surface area contributed by atoms with E-state index in [0.29, 0.717) is 12.1 Å². The van der Waals surface area contributed by atoms with Crippen molar-refractivity contribution in [2.24, 2.45) is 0 Å². The summed E-state index contributed by atoms with van der Waals surface area (Å²) in [4.78, 5) is 14.3. The molecule has 0 bridgehead atoms. The van der Waals surface area contributed by atoms with E-state index in [9.17, 15) is 9.90 Å². The Bertz CT molecular complexity index is 610. The van der Waals surface area contributed by atoms with Crippen LogP contribution in [0, 0.1) is 0 Å². The number of nitrogens with one attached hydrogen (secondary N) is 2. The first kappa shape index (κ1) is 18.2. The van der Waals surface area contributed by atoms with E-state index >= 15 is 0 Å². The molecule has 0 saturated heterocycles. The summed E-state index contributed by atoms with van der Waals surface area (Å²) in [6.07, 6.45) is 5.61. The number of aliphatic hydroxyl groups is 1. The van der Waals surface area contributed by atoms with Crippen molar-refractivity contribution in [3.8, 4) is 0 Å². The lowest BCUT2D eigenvalue weighted by Gasteiger charge is -2.30. The van der Waals surface area contributed by atoms with Gasteiger partial charge >= 0.3 is 0 Å². The van der Waals surface area contributed by atoms with E-state index in [0.717, 1.165) is 19.5 Å². The van der Waals surface area contributed by atoms with Gasteiger partial charge in [0.15, 0.2) is 0 Å². The Hall–Kier alpha value is -2.11. The minimum absolute atomic E-state index is 0.189. The summed E-state index contributed by atoms with van der Waals surface area (Å²) in [7, 11) is 1.75. The van der Waals surface area contributed by atoms with Crippen molar-refractivity contribution in [3.05, 3.63) is 59.3 Å². The molecule has 1 aromatic carbocycles. The molecule has 0 aliphatic carbocycles. The normalized spacial score (nSPS) is 16.7. The summed E-state index contributed by atoms with van der Waals surface area (Å²) in [5.41, 5.74) is 3.26. The average molecular weight is 329 g/mol. The standard InChI is InChI=1S/C19H27N3O2/c1-3-6-16(11-20-2)19(24)21-12-18(23)14-22-10-9-15-7-4-5-8-17(15)13-22/h3-8,11,18,20,23H,9-10,12-14H2,1-2H3,(H,21,24)/b6-3-,16-11+/t18-/m0/s1. The molecule has 0 radical (unpaired) electrons. The van der Waals surface area contributed by atoms with Crippen molar-refractivity contribution in [2.45, 2.75) is 26.0 Å². The number of β-amino-alcohol motifs (C(OH)–C–C–N with tert-alkyl or cyclic N) is 1. The largest absolute Gasteiger partial charge is 0.393 e. The van der Waals surface area contributed by atoms with Gasteiger partial charge in [0, 0.05) is 39.4 Å². The number of fused-ring (bicyclic) bond motifs is 1. The van der Waals surface area contributed by atoms with Crippen molar-refractivity contribution in [2.75, 3.05) is 26.7 Å². The van der Waals surface area contributed by atoms with Crippen LogP contribution in [0.25, 0.3) is 0 Å². The van der Waals surface area contributed by atoms with Crippen molar-refractivity contribution >= 4 is 5.91 Å². The van der Waals surface area contributed by atoms with Crippen molar-refractivity contribution in [1.82, 2.24) is 15.5 Å². The molecule has 130 valence electrons. The van der Waals surface area contributed by atoms with Crippen LogP contribution in [0.4, 0.5) is 0 Å². The van der Waals surface area contributed by atoms with Gasteiger partial charge in [0.1, 0.15) is 0 Å². The molecule has 0 unspecified atom stereocenters. The van der Waals surface area contributed by atoms with Gasteiger partial charge in [-0.15, -0.1) is 0 Å². The van der Waals surface area contributed by atoms with Gasteiger partial charge in [-0.1, -0.05) is 36.4 Å². The number of rotatable bonds is 7. The molecule has 0 saturated carbocycles. The number of carbonyl (C=O) groups is 1. The fourth-order valence-corrected chi connectivity index (χ4v) is 2.91. The van der Waals surface area contributed by atoms with Gasteiger partial charge in [-0.25, -0.2) is 0 Å². The summed E-state index contributed by atoms with van der Waals surface area (Å²) in [6, 6.07) is 8.43. The highest BCUT2D eigenvalue weighted by atomic mass is 16.3. The summed E-state index contributed by atoms with van der Waals surface area (Å²) in [5, 5.41) is 15.9. The molecule has 1 atom stereocenters. The Morgan fingerprint density at radius 1 is 1.38 bits per heavy atom. The molecule has 0 spiro atoms. The second-order valence-corrected chi connectivity index (χ2v) is 6.01. The summed E-state index contributed by atoms with van der Waals surface area (Å²) in [5.74, 6) is -0.189. The van der Waals surface area contributed by atoms with Gasteiger partial charge in [0.05, 0.1) is 11.7 Å². The molecule has 2 rings (SSSR count). The number of allylic oxidation sites excluding steroid dienone is 1. The predicted molar refractivity (Wildman–Crippen MR) is 96.4 cm³/mol. The highest BCUT2D eigenvalue weighted by Gasteiger charge is 2.18. The zero-order valence-electron chi connectivity index (χ0n) is 14.5. The zero-order chi connectivity index (χ0) is 17.4. The third-order valence-corrected chi connectivity index (χ3v) is 4.09. The van der Waals surface area contributed by atoms with E-state index in [-0.39, 0.29) is 12.5 Å². The van der Waals surface area contributed by atoms with Crippen LogP contribution in [0.1, 0.15) is 18.1 Å². The SMILES string of the molecule is C/C=C\C(=C/NC)C(=O)NC[C@H](O)CN1CCc2ccccc2C1. The number of amides is 1. The van der Waals surface area contributed by atoms with Crippen molar-refractivity contribution < 1.29 is 9.90 Å². The topological polar surface area (TPSA) is 64.6 Å². The lowest BCUT2D eigenvalue weighted by atomic mass is 10.00. The van der Waals surface area contributed by atoms with Gasteiger partial charge in [-0.3, -0.25) is 9.69 Å². The number of benzene rings is 1. The Balaban J connectivity index is 1.80. The van der Waals surface area contributed by atoms with Crippen LogP contribution in [0.15, 0.2) is 48.2 Å². The fraction of sp³-hybridized carbons (Fsp3) is 0.421. The Labute approximate surface area is 144 Å². The predicted octanol–water partition coefficient (Wildman–Crippen LogP) is 1.20. The molecular formula is C19H27N3O2. The van der Waals surface area contributed by atoms with Crippen molar-refractivity contribution in [1.29, 1.82) is 0 Å². The quantitative estimate of drug-likeness (QED) is 0.520. The molecular weight excluding hydrogens is 302 g/mol. The maximum absolute atomic E-state index is 12.1. The van der Waals surface area contributed by atoms with Gasteiger partial charge in [0.25, 0.3) is 5.91 Å². The minimum Gasteiger partial charge on any atom is -0.393 e. The van der Waals surface area contributed by atoms with Gasteiger partial charge in [-0.2, -0.15) is 0 Å². The number of aliphatic hydroxyl groups excluding tert-OH is 1. The lowest BCUT2D eigenvalue weighted by Crippen LogP contribution is -2.42. The zero-order valence-corrected chi connectivity index (χ0v) is 14.5. The van der Waals surface area contributed by atoms with E-state index in [2.05, 4.69) is 39.8 Å². The number of hydrogen-bond acceptors (Lipinski definition) is 4. The fourth-order valence-electron chi connectivity index (χ4n) is 2.91. The average Bonchev–Trinajstić information content (AvgIpc) is 2.59. The molecule has 24 heavy (non-hydrogen) atoms. The molecule has 5 heteroatoms. The van der Waals surface area contributed by atoms with Crippen LogP contribution >= 0.6 is 0 Å². The highest BCUT2D eigenvalue weighted by Crippen LogP contribution is 2.18. The number of carbonyl (C=O) groups excluding carboxylic acids is 1. The first-order valence-electron chi connectivity index (χ1n) is 8.39. The van der Waals surface area contributed by atoms with Crippen molar-refractivity contribution in [3.63, 3.8) is 0 Å². The van der Waals surface area contributed by atoms with Crippen LogP contribution in [-0.2, 0) is 17.8 Å². The first-order valence-corrected chi connectivity index (χ1v) is 8.39. The smallest absolute Gasteiger partial charge is 0.252 e. The van der Waals surface area contributed by atoms with Crippen LogP contribution in [0.3, 0.4) is 0 Å². The molecule has 1 aliphatic heterocycles. The summed E-state index contributed by atoms with van der Waals surface area (Å²) < 4.78 is 0. The second-order valence-electron chi connectivity index (χ2n) is 6.01. The van der Waals surface area contributed by atoms with Gasteiger partial charge in [0.2, 0.25) is 0 Å². The van der Waals surface area contributed by atoms with E-state index in [4.69, 9.17) is 0 Å². The molecule has 5 nitrogen and oxygen atoms in total. The maximum atomic E-state index is 12.1. The van der Waals surface area contributed by atoms with Crippen LogP contribution < -0.4 is 10.6 Å². The lowest BCUT2D eigenvalue weighted by molar-refractivity contribution is -0.117. The number of nitrogens with zero attached hydrogens (tertiary/aromatic N) is 1. The van der Waals surface area contributed by atoms with Crippen LogP contribution in [-0.4, -0.2) is 48.7 Å². The highest BCUT2D eigenvalue weighted by molar-refractivity contribution is 5.96. The summed E-state index contributed by atoms with van der Waals surface area (Å²) >= 11 is 0. The molecule has 1 aliphatic rings. The van der Waals surface area contributed by atoms with Crippen LogP contribution in [0.5, 0.6) is 0 Å². The summed E-state index contributed by atoms with van der Waals surface area (Å²) in [6.45, 7) is 4.45. The van der Waals surface area contributed by atoms with Crippen LogP contribution in [0.2, 0.25) is 0 Å². The molecule has 1 aromatic rings. The van der Waals surface area contributed by atoms with Gasteiger partial charge < -0.3 is 15.7 Å². The Kier molecular flexibility index (Phi) is 7.03. The molecule has 1 amide bonds. The molecule has 1 heterocycles. The van der Waals surface area contributed by atoms with E-state index in [1.54, 1.807) is 19.3 Å². The monoisotopic (exact) mass is 329 g/mol. The minimum atomic E-state index is -0.583. The Morgan fingerprint density at radius 2 is 2.12 bits per heavy atom. The Morgan fingerprint density at radius 3 is 2.83 bits per heavy atom. The number of hydrogen-bond donors (Lipinski definition) is 3. The van der Waals surface area contributed by atoms with Gasteiger partial charge in [-0.05, 0) is 24.5 Å². The molecule has 0 aromatic heterocycles. The third kappa shape index (κ3) is 5.22. The van der Waals surface area contributed by atoms with E-state index in [1.807, 2.05) is 13.0 Å². The molecule has 0 fully saturated rings. The second kappa shape index (κ2) is 9.25. The molecule has 3 N–H and O–H groups in total. The van der Waals surface area contributed by atoms with E-state index < -0.39 is 6.10 Å².